The van der Waals surface area contributed by atoms with Crippen molar-refractivity contribution in [2.24, 2.45) is 9.98 Å². The van der Waals surface area contributed by atoms with Crippen LogP contribution in [0, 0.1) is 6.55 Å². The molecule has 1 heterocycles. The number of aromatic nitrogens is 1. The molecule has 1 aromatic rings. The number of hydrogen-bond donors (Lipinski definition) is 0. The van der Waals surface area contributed by atoms with Gasteiger partial charge in [-0.1, -0.05) is 89.9 Å². The maximum atomic E-state index is 6.66. The summed E-state index contributed by atoms with van der Waals surface area (Å²) in [5, 5.41) is 0. The van der Waals surface area contributed by atoms with E-state index in [2.05, 4.69) is 192 Å². The van der Waals surface area contributed by atoms with Crippen LogP contribution in [0.15, 0.2) is 53.0 Å². The molecule has 0 spiro atoms. The van der Waals surface area contributed by atoms with Crippen molar-refractivity contribution >= 4 is 87.7 Å². The summed E-state index contributed by atoms with van der Waals surface area (Å²) in [5.41, 5.74) is 3.70. The summed E-state index contributed by atoms with van der Waals surface area (Å²) < 4.78 is 37.9. The monoisotopic (exact) mass is 1150 g/mol. The van der Waals surface area contributed by atoms with Gasteiger partial charge in [0.1, 0.15) is 0 Å². The molecule has 1 rings (SSSR count). The maximum absolute atomic E-state index is 6.66. The Labute approximate surface area is 445 Å². The molecule has 0 aromatic carbocycles. The van der Waals surface area contributed by atoms with Crippen molar-refractivity contribution in [1.29, 1.82) is 0 Å². The van der Waals surface area contributed by atoms with Gasteiger partial charge in [-0.15, -0.1) is 14.7 Å². The van der Waals surface area contributed by atoms with E-state index >= 15 is 0 Å². The molecule has 0 N–H and O–H groups in total. The zero-order valence-corrected chi connectivity index (χ0v) is 59.8. The van der Waals surface area contributed by atoms with Crippen molar-refractivity contribution in [3.05, 3.63) is 60.9 Å². The number of aliphatic imine (C=N–C) groups is 2. The quantitative estimate of drug-likeness (QED) is 0.0317. The normalized spacial score (nSPS) is 14.4. The minimum Gasteiger partial charge on any atom is -0.439 e. The van der Waals surface area contributed by atoms with E-state index in [1.54, 1.807) is 14.1 Å². The molecule has 19 heteroatoms. The molecule has 0 aliphatic rings. The Morgan fingerprint density at radius 2 is 0.985 bits per heavy atom. The number of hydrogen-bond acceptors (Lipinski definition) is 9. The fourth-order valence-electron chi connectivity index (χ4n) is 6.42. The van der Waals surface area contributed by atoms with E-state index in [0.717, 1.165) is 35.3 Å². The fraction of sp³-hybridized carbons (Fsp3) is 0.755. The molecule has 0 aliphatic heterocycles. The topological polar surface area (TPSA) is 93.0 Å². The molecule has 0 amide bonds. The fourth-order valence-corrected chi connectivity index (χ4v) is 38.3. The van der Waals surface area contributed by atoms with Crippen molar-refractivity contribution in [2.45, 2.75) is 229 Å². The standard InChI is InChI=1S/C17H42O3Si4.C11H15N3.C9H28O3Si4.C8H16.C4H11Si.Co/c1-11-12-13-14-15-16-17-24(10,19-22(5,6)7)20-23(8,9)18-21(2,3)4;1-8(12-3)10-6-5-7-11(14-10)9(2)13-4;1-13(10-14(2,3)4)11-16(8,9)12-15(5,6)7;1-3-5-7-8-6-4-2;1-5(2,3)4;/h15-16H,11-14,17H2,1-10H3;5-7H,1-4H3;13H,1-9H3;3H,1,4-8H2,2H3;1H2,2-4H3;/q;;;;-1;. The summed E-state index contributed by atoms with van der Waals surface area (Å²) in [4.78, 5) is 12.7. The number of allylic oxidation sites excluding steroid dienone is 3. The summed E-state index contributed by atoms with van der Waals surface area (Å²) in [6.07, 6.45) is 18.2. The molecule has 1 radical (unpaired) electrons. The summed E-state index contributed by atoms with van der Waals surface area (Å²) in [5.74, 6) is 0. The second-order valence-corrected chi connectivity index (χ2v) is 60.1. The molecule has 2 unspecified atom stereocenters. The number of rotatable bonds is 25. The molecule has 2 atom stereocenters. The third-order valence-electron chi connectivity index (χ3n) is 8.11. The first-order chi connectivity index (χ1) is 30.1. The van der Waals surface area contributed by atoms with Crippen LogP contribution in [0.5, 0.6) is 0 Å². The predicted molar refractivity (Wildman–Crippen MR) is 326 cm³/mol. The Morgan fingerprint density at radius 1 is 0.588 bits per heavy atom. The van der Waals surface area contributed by atoms with E-state index in [9.17, 15) is 0 Å². The van der Waals surface area contributed by atoms with E-state index in [-0.39, 0.29) is 16.8 Å². The van der Waals surface area contributed by atoms with Gasteiger partial charge in [0.25, 0.3) is 9.28 Å². The third kappa shape index (κ3) is 57.1. The van der Waals surface area contributed by atoms with Crippen LogP contribution in [0.25, 0.3) is 0 Å². The van der Waals surface area contributed by atoms with Crippen molar-refractivity contribution < 1.29 is 41.5 Å². The number of unbranched alkanes of at least 4 members (excludes halogenated alkanes) is 7. The van der Waals surface area contributed by atoms with E-state index in [4.69, 9.17) is 24.7 Å². The third-order valence-corrected chi connectivity index (χ3v) is 33.5. The Hall–Kier alpha value is 0.188. The van der Waals surface area contributed by atoms with Crippen LogP contribution in [-0.2, 0) is 41.5 Å². The van der Waals surface area contributed by atoms with E-state index in [0.29, 0.717) is 0 Å². The van der Waals surface area contributed by atoms with Crippen LogP contribution in [0.3, 0.4) is 0 Å². The first kappa shape index (κ1) is 77.1. The average molecular weight is 1150 g/mol. The van der Waals surface area contributed by atoms with Gasteiger partial charge in [0.15, 0.2) is 33.3 Å². The minimum absolute atomic E-state index is 0. The summed E-state index contributed by atoms with van der Waals surface area (Å²) in [7, 11) is -11.5. The van der Waals surface area contributed by atoms with Crippen LogP contribution in [0.1, 0.15) is 96.9 Å². The molecule has 0 saturated heterocycles. The minimum atomic E-state index is -2.25. The summed E-state index contributed by atoms with van der Waals surface area (Å²) in [6.45, 7) is 62.2. The van der Waals surface area contributed by atoms with Gasteiger partial charge in [0.05, 0.1) is 22.8 Å². The molecular weight excluding hydrogens is 1040 g/mol. The SMILES string of the molecule is C=CCCCCCC.CCCCCC=CC[Si](C)(O[Si](C)(C)C)O[Si](C)(C)O[Si](C)(C)C.CN=C(C)c1cccc(C(C)=NC)n1.C[SiH](O[Si](C)(C)C)O[Si](C)(C)O[Si](C)(C)C.[CH2-][Si](C)(C)C.[Co]. The molecule has 0 aliphatic carbocycles. The van der Waals surface area contributed by atoms with Gasteiger partial charge in [0, 0.05) is 36.9 Å². The van der Waals surface area contributed by atoms with Crippen LogP contribution in [0.4, 0.5) is 0 Å². The van der Waals surface area contributed by atoms with Crippen LogP contribution in [0.2, 0.25) is 144 Å². The Bertz CT molecular complexity index is 1500. The van der Waals surface area contributed by atoms with Gasteiger partial charge in [-0.25, -0.2) is 4.98 Å². The second kappa shape index (κ2) is 37.8. The van der Waals surface area contributed by atoms with Gasteiger partial charge in [-0.05, 0) is 170 Å². The summed E-state index contributed by atoms with van der Waals surface area (Å²) >= 11 is 0. The van der Waals surface area contributed by atoms with Crippen molar-refractivity contribution in [3.8, 4) is 0 Å². The zero-order valence-electron chi connectivity index (χ0n) is 49.7. The first-order valence-corrected chi connectivity index (χ1v) is 52.8. The number of pyridine rings is 1. The molecule has 1 aromatic heterocycles. The molecule has 0 fully saturated rings. The van der Waals surface area contributed by atoms with Crippen molar-refractivity contribution in [1.82, 2.24) is 4.98 Å². The molecule has 405 valence electrons. The van der Waals surface area contributed by atoms with Gasteiger partial charge >= 0.3 is 25.7 Å². The first-order valence-electron chi connectivity index (χ1n) is 25.2. The van der Waals surface area contributed by atoms with E-state index in [1.807, 2.05) is 38.1 Å². The zero-order chi connectivity index (χ0) is 53.6. The van der Waals surface area contributed by atoms with Crippen LogP contribution < -0.4 is 0 Å². The maximum Gasteiger partial charge on any atom is 0.319 e. The Kier molecular flexibility index (Phi) is 42.9. The van der Waals surface area contributed by atoms with Gasteiger partial charge in [-0.3, -0.25) is 9.98 Å². The molecular formula is C49H112CoN3O6Si9-. The average Bonchev–Trinajstić information content (AvgIpc) is 3.10. The summed E-state index contributed by atoms with van der Waals surface area (Å²) in [6, 6.07) is 6.81. The van der Waals surface area contributed by atoms with Crippen molar-refractivity contribution in [2.75, 3.05) is 14.1 Å². The van der Waals surface area contributed by atoms with Gasteiger partial charge in [0.2, 0.25) is 0 Å². The van der Waals surface area contributed by atoms with Gasteiger partial charge in [-0.2, -0.15) is 0 Å². The van der Waals surface area contributed by atoms with Gasteiger partial charge < -0.3 is 31.2 Å². The molecule has 0 bridgehead atoms. The van der Waals surface area contributed by atoms with Crippen molar-refractivity contribution in [3.63, 3.8) is 0 Å². The molecule has 68 heavy (non-hydrogen) atoms. The largest absolute Gasteiger partial charge is 0.439 e. The van der Waals surface area contributed by atoms with Crippen LogP contribution >= 0.6 is 0 Å². The molecule has 9 nitrogen and oxygen atoms in total. The Balaban J connectivity index is -0.000000263. The van der Waals surface area contributed by atoms with E-state index in [1.165, 1.54) is 51.4 Å². The smallest absolute Gasteiger partial charge is 0.319 e. The Morgan fingerprint density at radius 3 is 1.35 bits per heavy atom. The van der Waals surface area contributed by atoms with E-state index < -0.39 is 76.3 Å². The second-order valence-electron chi connectivity index (χ2n) is 23.5. The van der Waals surface area contributed by atoms with Crippen LogP contribution in [-0.4, -0.2) is 107 Å². The predicted octanol–water partition coefficient (Wildman–Crippen LogP) is 16.7. The number of nitrogens with zero attached hydrogens (tertiary/aromatic N) is 3. The molecule has 0 saturated carbocycles.